The van der Waals surface area contributed by atoms with E-state index in [4.69, 9.17) is 5.73 Å². The largest absolute Gasteiger partial charge is 0.399 e. The third kappa shape index (κ3) is 2.62. The van der Waals surface area contributed by atoms with Crippen molar-refractivity contribution in [3.63, 3.8) is 0 Å². The smallest absolute Gasteiger partial charge is 0.133 e. The van der Waals surface area contributed by atoms with Crippen LogP contribution in [0.25, 0.3) is 0 Å². The van der Waals surface area contributed by atoms with Crippen LogP contribution in [0.3, 0.4) is 0 Å². The molecule has 2 N–H and O–H groups in total. The van der Waals surface area contributed by atoms with E-state index in [0.29, 0.717) is 6.04 Å². The molecular formula is C15H20N4. The Morgan fingerprint density at radius 2 is 1.95 bits per heavy atom. The minimum Gasteiger partial charge on any atom is -0.399 e. The Morgan fingerprint density at radius 1 is 1.16 bits per heavy atom. The predicted molar refractivity (Wildman–Crippen MR) is 75.8 cm³/mol. The number of aromatic nitrogens is 3. The van der Waals surface area contributed by atoms with Gasteiger partial charge in [-0.3, -0.25) is 0 Å². The fraction of sp³-hybridized carbons (Fsp3) is 0.467. The molecule has 100 valence electrons. The van der Waals surface area contributed by atoms with Gasteiger partial charge in [0.05, 0.1) is 0 Å². The summed E-state index contributed by atoms with van der Waals surface area (Å²) in [5.74, 6) is 1.09. The van der Waals surface area contributed by atoms with E-state index in [-0.39, 0.29) is 0 Å². The molecular weight excluding hydrogens is 236 g/mol. The van der Waals surface area contributed by atoms with Gasteiger partial charge in [0.1, 0.15) is 12.2 Å². The van der Waals surface area contributed by atoms with Gasteiger partial charge in [0, 0.05) is 18.2 Å². The first-order valence-corrected chi connectivity index (χ1v) is 7.06. The Balaban J connectivity index is 1.70. The highest BCUT2D eigenvalue weighted by Gasteiger charge is 2.19. The van der Waals surface area contributed by atoms with Crippen molar-refractivity contribution in [2.24, 2.45) is 0 Å². The summed E-state index contributed by atoms with van der Waals surface area (Å²) in [5.41, 5.74) is 8.04. The molecule has 0 unspecified atom stereocenters. The Morgan fingerprint density at radius 3 is 2.74 bits per heavy atom. The van der Waals surface area contributed by atoms with Crippen molar-refractivity contribution >= 4 is 5.69 Å². The molecule has 0 bridgehead atoms. The summed E-state index contributed by atoms with van der Waals surface area (Å²) in [4.78, 5) is 0. The van der Waals surface area contributed by atoms with E-state index in [0.717, 1.165) is 24.4 Å². The summed E-state index contributed by atoms with van der Waals surface area (Å²) in [5, 5.41) is 8.36. The van der Waals surface area contributed by atoms with E-state index >= 15 is 0 Å². The number of hydrogen-bond acceptors (Lipinski definition) is 3. The number of para-hydroxylation sites is 1. The molecule has 1 aromatic carbocycles. The summed E-state index contributed by atoms with van der Waals surface area (Å²) in [6.07, 6.45) is 8.90. The van der Waals surface area contributed by atoms with E-state index in [1.807, 2.05) is 24.5 Å². The van der Waals surface area contributed by atoms with Crippen LogP contribution in [0.4, 0.5) is 5.69 Å². The monoisotopic (exact) mass is 256 g/mol. The third-order valence-electron chi connectivity index (χ3n) is 4.04. The molecule has 0 amide bonds. The van der Waals surface area contributed by atoms with Crippen molar-refractivity contribution in [1.82, 2.24) is 14.8 Å². The highest BCUT2D eigenvalue weighted by Crippen LogP contribution is 2.30. The van der Waals surface area contributed by atoms with Crippen molar-refractivity contribution in [3.8, 4) is 0 Å². The van der Waals surface area contributed by atoms with Crippen LogP contribution in [0.2, 0.25) is 0 Å². The van der Waals surface area contributed by atoms with Crippen molar-refractivity contribution in [2.45, 2.75) is 44.6 Å². The number of anilines is 1. The molecule has 1 aliphatic carbocycles. The molecule has 19 heavy (non-hydrogen) atoms. The summed E-state index contributed by atoms with van der Waals surface area (Å²) < 4.78 is 2.27. The number of hydrogen-bond donors (Lipinski definition) is 1. The van der Waals surface area contributed by atoms with Crippen LogP contribution in [0.5, 0.6) is 0 Å². The van der Waals surface area contributed by atoms with Gasteiger partial charge in [0.2, 0.25) is 0 Å². The minimum atomic E-state index is 0.609. The van der Waals surface area contributed by atoms with Gasteiger partial charge in [-0.25, -0.2) is 0 Å². The molecule has 0 aliphatic heterocycles. The van der Waals surface area contributed by atoms with Gasteiger partial charge in [-0.2, -0.15) is 0 Å². The van der Waals surface area contributed by atoms with Crippen LogP contribution in [-0.4, -0.2) is 14.8 Å². The maximum atomic E-state index is 5.98. The Bertz CT molecular complexity index is 541. The molecule has 4 heteroatoms. The average molecular weight is 256 g/mol. The van der Waals surface area contributed by atoms with Gasteiger partial charge in [-0.1, -0.05) is 31.0 Å². The molecule has 1 fully saturated rings. The van der Waals surface area contributed by atoms with E-state index in [9.17, 15) is 0 Å². The topological polar surface area (TPSA) is 56.7 Å². The normalized spacial score (nSPS) is 16.0. The van der Waals surface area contributed by atoms with E-state index < -0.39 is 0 Å². The SMILES string of the molecule is Nc1ccccc1CCc1nncn1C1CCCC1. The van der Waals surface area contributed by atoms with E-state index in [2.05, 4.69) is 20.8 Å². The third-order valence-corrected chi connectivity index (χ3v) is 4.04. The second kappa shape index (κ2) is 5.43. The van der Waals surface area contributed by atoms with Crippen LogP contribution in [0.15, 0.2) is 30.6 Å². The van der Waals surface area contributed by atoms with Crippen LogP contribution in [-0.2, 0) is 12.8 Å². The number of nitrogens with zero attached hydrogens (tertiary/aromatic N) is 3. The molecule has 1 heterocycles. The van der Waals surface area contributed by atoms with E-state index in [1.54, 1.807) is 0 Å². The van der Waals surface area contributed by atoms with Crippen LogP contribution < -0.4 is 5.73 Å². The number of benzene rings is 1. The maximum absolute atomic E-state index is 5.98. The molecule has 1 aromatic heterocycles. The van der Waals surface area contributed by atoms with Gasteiger partial charge in [-0.05, 0) is 30.9 Å². The van der Waals surface area contributed by atoms with Gasteiger partial charge in [0.15, 0.2) is 0 Å². The molecule has 0 atom stereocenters. The van der Waals surface area contributed by atoms with Gasteiger partial charge in [-0.15, -0.1) is 10.2 Å². The lowest BCUT2D eigenvalue weighted by molar-refractivity contribution is 0.495. The number of aryl methyl sites for hydroxylation is 2. The number of nitrogen functional groups attached to an aromatic ring is 1. The van der Waals surface area contributed by atoms with Gasteiger partial charge < -0.3 is 10.3 Å². The molecule has 1 saturated carbocycles. The second-order valence-electron chi connectivity index (χ2n) is 5.29. The van der Waals surface area contributed by atoms with Crippen LogP contribution in [0.1, 0.15) is 43.1 Å². The fourth-order valence-electron chi connectivity index (χ4n) is 2.94. The standard InChI is InChI=1S/C15H20N4/c16-14-8-4-1-5-12(14)9-10-15-18-17-11-19(15)13-6-2-3-7-13/h1,4-5,8,11,13H,2-3,6-7,9-10,16H2. The quantitative estimate of drug-likeness (QED) is 0.856. The lowest BCUT2D eigenvalue weighted by atomic mass is 10.1. The van der Waals surface area contributed by atoms with Gasteiger partial charge in [0.25, 0.3) is 0 Å². The average Bonchev–Trinajstić information content (AvgIpc) is 3.08. The zero-order valence-corrected chi connectivity index (χ0v) is 11.1. The summed E-state index contributed by atoms with van der Waals surface area (Å²) in [6.45, 7) is 0. The minimum absolute atomic E-state index is 0.609. The lowest BCUT2D eigenvalue weighted by Crippen LogP contribution is -2.09. The summed E-state index contributed by atoms with van der Waals surface area (Å²) >= 11 is 0. The molecule has 0 saturated heterocycles. The summed E-state index contributed by atoms with van der Waals surface area (Å²) in [6, 6.07) is 8.66. The van der Waals surface area contributed by atoms with Crippen molar-refractivity contribution in [1.29, 1.82) is 0 Å². The predicted octanol–water partition coefficient (Wildman–Crippen LogP) is 2.76. The fourth-order valence-corrected chi connectivity index (χ4v) is 2.94. The molecule has 3 rings (SSSR count). The van der Waals surface area contributed by atoms with Crippen molar-refractivity contribution in [2.75, 3.05) is 5.73 Å². The first-order chi connectivity index (χ1) is 9.34. The molecule has 1 aliphatic rings. The highest BCUT2D eigenvalue weighted by atomic mass is 15.3. The first kappa shape index (κ1) is 12.2. The molecule has 0 radical (unpaired) electrons. The Kier molecular flexibility index (Phi) is 3.49. The number of rotatable bonds is 4. The Labute approximate surface area is 113 Å². The Hall–Kier alpha value is -1.84. The lowest BCUT2D eigenvalue weighted by Gasteiger charge is -2.13. The zero-order chi connectivity index (χ0) is 13.1. The molecule has 4 nitrogen and oxygen atoms in total. The number of nitrogens with two attached hydrogens (primary N) is 1. The molecule has 2 aromatic rings. The van der Waals surface area contributed by atoms with E-state index in [1.165, 1.54) is 31.2 Å². The highest BCUT2D eigenvalue weighted by molar-refractivity contribution is 5.46. The maximum Gasteiger partial charge on any atom is 0.133 e. The second-order valence-corrected chi connectivity index (χ2v) is 5.29. The van der Waals surface area contributed by atoms with Gasteiger partial charge >= 0.3 is 0 Å². The first-order valence-electron chi connectivity index (χ1n) is 7.06. The zero-order valence-electron chi connectivity index (χ0n) is 11.1. The van der Waals surface area contributed by atoms with Crippen molar-refractivity contribution < 1.29 is 0 Å². The van der Waals surface area contributed by atoms with Crippen LogP contribution >= 0.6 is 0 Å². The van der Waals surface area contributed by atoms with Crippen molar-refractivity contribution in [3.05, 3.63) is 42.0 Å². The molecule has 0 spiro atoms. The van der Waals surface area contributed by atoms with Crippen LogP contribution in [0, 0.1) is 0 Å². The summed E-state index contributed by atoms with van der Waals surface area (Å²) in [7, 11) is 0.